The van der Waals surface area contributed by atoms with E-state index >= 15 is 0 Å². The maximum atomic E-state index is 8.83. The molecular weight excluding hydrogens is 924 g/mol. The number of hydrogen-bond acceptors (Lipinski definition) is 17. The van der Waals surface area contributed by atoms with Crippen molar-refractivity contribution in [1.82, 2.24) is 19.6 Å². The first-order valence-electron chi connectivity index (χ1n) is 24.8. The minimum atomic E-state index is 0. The van der Waals surface area contributed by atoms with Gasteiger partial charge in [0.1, 0.15) is 0 Å². The van der Waals surface area contributed by atoms with E-state index < -0.39 is 0 Å². The van der Waals surface area contributed by atoms with E-state index in [1.54, 1.807) is 28.4 Å². The van der Waals surface area contributed by atoms with E-state index in [1.807, 2.05) is 103 Å². The first kappa shape index (κ1) is 73.2. The van der Waals surface area contributed by atoms with Crippen molar-refractivity contribution in [3.05, 3.63) is 108 Å². The number of hydrogen-bond donors (Lipinski definition) is 5. The van der Waals surface area contributed by atoms with Crippen molar-refractivity contribution >= 4 is 0 Å². The molecule has 0 spiro atoms. The summed E-state index contributed by atoms with van der Waals surface area (Å²) in [7, 11) is 6.79. The average Bonchev–Trinajstić information content (AvgIpc) is 4.30. The zero-order valence-electron chi connectivity index (χ0n) is 46.0. The maximum Gasteiger partial charge on any atom is 1.00 e. The Balaban J connectivity index is -0.000000414. The number of aliphatic hydroxyl groups excluding tert-OH is 5. The fraction of sp³-hybridized carbons (Fsp3) is 0.660. The molecule has 3 aromatic carbocycles. The van der Waals surface area contributed by atoms with Gasteiger partial charge in [0.25, 0.3) is 0 Å². The van der Waals surface area contributed by atoms with Crippen molar-refractivity contribution in [2.24, 2.45) is 0 Å². The van der Waals surface area contributed by atoms with Crippen molar-refractivity contribution in [1.29, 1.82) is 0 Å². The second-order valence-corrected chi connectivity index (χ2v) is 15.2. The number of epoxide rings is 1. The molecule has 18 heteroatoms. The molecule has 0 amide bonds. The van der Waals surface area contributed by atoms with Gasteiger partial charge in [-0.3, -0.25) is 19.6 Å². The molecule has 3 aromatic rings. The summed E-state index contributed by atoms with van der Waals surface area (Å²) in [5.41, 5.74) is 3.52. The summed E-state index contributed by atoms with van der Waals surface area (Å²) >= 11 is 0. The van der Waals surface area contributed by atoms with Crippen LogP contribution in [0.2, 0.25) is 0 Å². The molecule has 1 heterocycles. The normalized spacial score (nSPS) is 11.2. The summed E-state index contributed by atoms with van der Waals surface area (Å²) < 4.78 is 41.3. The molecule has 1 aliphatic heterocycles. The van der Waals surface area contributed by atoms with Gasteiger partial charge in [0.2, 0.25) is 0 Å². The van der Waals surface area contributed by atoms with Crippen LogP contribution in [0.15, 0.2) is 91.0 Å². The van der Waals surface area contributed by atoms with Gasteiger partial charge in [-0.15, -0.1) is 0 Å². The van der Waals surface area contributed by atoms with Gasteiger partial charge >= 0.3 is 29.6 Å². The summed E-state index contributed by atoms with van der Waals surface area (Å²) in [6, 6.07) is 30.3. The molecule has 71 heavy (non-hydrogen) atoms. The smallest absolute Gasteiger partial charge is 1.00 e. The third kappa shape index (κ3) is 52.6. The fourth-order valence-corrected chi connectivity index (χ4v) is 5.80. The van der Waals surface area contributed by atoms with Crippen molar-refractivity contribution < 1.29 is 94.4 Å². The van der Waals surface area contributed by atoms with Gasteiger partial charge in [-0.05, 0) is 16.7 Å². The van der Waals surface area contributed by atoms with E-state index in [0.29, 0.717) is 79.0 Å². The topological polar surface area (TPSA) is 191 Å². The Bertz CT molecular complexity index is 1320. The molecule has 0 bridgehead atoms. The summed E-state index contributed by atoms with van der Waals surface area (Å²) in [5.74, 6) is 0. The number of aliphatic hydroxyl groups is 5. The van der Waals surface area contributed by atoms with Crippen LogP contribution in [0.1, 0.15) is 32.0 Å². The molecule has 1 saturated heterocycles. The molecule has 0 unspecified atom stereocenters. The summed E-state index contributed by atoms with van der Waals surface area (Å²) in [5, 5.41) is 44.0. The van der Waals surface area contributed by atoms with Crippen molar-refractivity contribution in [3.8, 4) is 0 Å². The SMILES string of the molecule is C1CO1.CC.COCCN(CCO)CCOC.COCCN(CCOC)CCOCc1ccccc1.OCCN(CCO)CCOCc1ccccc1.OCCN(CCO)CCOCc1ccccc1.[H-].[Na+]. The van der Waals surface area contributed by atoms with Gasteiger partial charge < -0.3 is 64.9 Å². The zero-order valence-corrected chi connectivity index (χ0v) is 47.0. The second kappa shape index (κ2) is 60.5. The molecule has 408 valence electrons. The van der Waals surface area contributed by atoms with E-state index in [1.165, 1.54) is 5.56 Å². The monoisotopic (exact) mass is 1020 g/mol. The minimum absolute atomic E-state index is 0. The van der Waals surface area contributed by atoms with Gasteiger partial charge in [-0.1, -0.05) is 105 Å². The Labute approximate surface area is 452 Å². The molecular formula is C53H97N4NaO13. The minimum Gasteiger partial charge on any atom is -1.00 e. The largest absolute Gasteiger partial charge is 1.00 e. The number of ether oxygens (including phenoxy) is 8. The standard InChI is InChI=1S/C15H25NO3.2C13H21NO3.C8H19NO3.C2H4O.C2H6.Na.H/c1-17-11-8-16(9-12-18-2)10-13-19-14-15-6-4-3-5-7-15;2*15-9-6-14(7-10-16)8-11-17-12-13-4-2-1-3-5-13;1-11-7-4-9(3-6-10)5-8-12-2;1-2-3-1;1-2;;/h3-7H,8-14H2,1-2H3;2*1-5,15-16H,6-12H2;10H,3-8H2,1-2H3;1-2H2;1-2H3;;/q;;;;;;+1;-1. The molecule has 17 nitrogen and oxygen atoms in total. The molecule has 0 atom stereocenters. The van der Waals surface area contributed by atoms with E-state index in [-0.39, 0.29) is 64.0 Å². The Kier molecular flexibility index (Phi) is 62.4. The van der Waals surface area contributed by atoms with E-state index in [0.717, 1.165) is 90.0 Å². The number of nitrogens with zero attached hydrogens (tertiary/aromatic N) is 4. The quantitative estimate of drug-likeness (QED) is 0.0305. The van der Waals surface area contributed by atoms with Crippen molar-refractivity contribution in [2.45, 2.75) is 33.7 Å². The number of methoxy groups -OCH3 is 4. The van der Waals surface area contributed by atoms with E-state index in [4.69, 9.17) is 58.7 Å². The third-order valence-corrected chi connectivity index (χ3v) is 9.72. The second-order valence-electron chi connectivity index (χ2n) is 15.2. The summed E-state index contributed by atoms with van der Waals surface area (Å²) in [6.07, 6.45) is 0. The van der Waals surface area contributed by atoms with Gasteiger partial charge in [-0.25, -0.2) is 0 Å². The molecule has 0 radical (unpaired) electrons. The van der Waals surface area contributed by atoms with Crippen molar-refractivity contribution in [3.63, 3.8) is 0 Å². The van der Waals surface area contributed by atoms with Crippen LogP contribution < -0.4 is 29.6 Å². The fourth-order valence-electron chi connectivity index (χ4n) is 5.80. The maximum absolute atomic E-state index is 8.83. The van der Waals surface area contributed by atoms with Gasteiger partial charge in [0.05, 0.1) is 112 Å². The molecule has 4 rings (SSSR count). The van der Waals surface area contributed by atoms with Crippen LogP contribution in [-0.4, -0.2) is 245 Å². The number of benzene rings is 3. The van der Waals surface area contributed by atoms with Crippen LogP contribution in [0.25, 0.3) is 0 Å². The van der Waals surface area contributed by atoms with Crippen LogP contribution in [0.3, 0.4) is 0 Å². The summed E-state index contributed by atoms with van der Waals surface area (Å²) in [4.78, 5) is 8.35. The van der Waals surface area contributed by atoms with E-state index in [2.05, 4.69) is 26.7 Å². The van der Waals surface area contributed by atoms with Gasteiger partial charge in [0, 0.05) is 107 Å². The van der Waals surface area contributed by atoms with Crippen LogP contribution in [-0.2, 0) is 57.7 Å². The van der Waals surface area contributed by atoms with Crippen LogP contribution in [0.4, 0.5) is 0 Å². The number of rotatable bonds is 37. The van der Waals surface area contributed by atoms with Gasteiger partial charge in [0.15, 0.2) is 0 Å². The predicted molar refractivity (Wildman–Crippen MR) is 280 cm³/mol. The molecule has 1 fully saturated rings. The first-order valence-corrected chi connectivity index (χ1v) is 24.8. The molecule has 5 N–H and O–H groups in total. The van der Waals surface area contributed by atoms with Crippen LogP contribution in [0.5, 0.6) is 0 Å². The Hall–Kier alpha value is -2.02. The zero-order chi connectivity index (χ0) is 51.8. The Morgan fingerprint density at radius 2 is 0.563 bits per heavy atom. The first-order chi connectivity index (χ1) is 34.4. The Morgan fingerprint density at radius 3 is 0.761 bits per heavy atom. The molecule has 0 aliphatic carbocycles. The van der Waals surface area contributed by atoms with Gasteiger partial charge in [-0.2, -0.15) is 0 Å². The van der Waals surface area contributed by atoms with Crippen LogP contribution >= 0.6 is 0 Å². The van der Waals surface area contributed by atoms with E-state index in [9.17, 15) is 0 Å². The van der Waals surface area contributed by atoms with Crippen LogP contribution in [0, 0.1) is 0 Å². The predicted octanol–water partition coefficient (Wildman–Crippen LogP) is 0.510. The molecule has 1 aliphatic rings. The van der Waals surface area contributed by atoms with Crippen molar-refractivity contribution in [2.75, 3.05) is 199 Å². The molecule has 0 saturated carbocycles. The third-order valence-electron chi connectivity index (χ3n) is 9.72. The molecule has 0 aromatic heterocycles. The summed E-state index contributed by atoms with van der Waals surface area (Å²) in [6.45, 7) is 22.2. The average molecular weight is 1020 g/mol. The Morgan fingerprint density at radius 1 is 0.366 bits per heavy atom.